The highest BCUT2D eigenvalue weighted by Crippen LogP contribution is 2.40. The van der Waals surface area contributed by atoms with Crippen LogP contribution in [0.25, 0.3) is 16.2 Å². The van der Waals surface area contributed by atoms with Crippen molar-refractivity contribution in [2.45, 2.75) is 11.7 Å². The van der Waals surface area contributed by atoms with Crippen molar-refractivity contribution in [1.82, 2.24) is 14.7 Å². The number of aromatic nitrogens is 2. The molecule has 2 aromatic rings. The summed E-state index contributed by atoms with van der Waals surface area (Å²) in [7, 11) is 5.56. The number of carbonyl (C=O) groups excluding carboxylic acids is 1. The molecule has 2 heterocycles. The van der Waals surface area contributed by atoms with Crippen molar-refractivity contribution in [3.63, 3.8) is 0 Å². The lowest BCUT2D eigenvalue weighted by atomic mass is 10.1. The average Bonchev–Trinajstić information content (AvgIpc) is 3.13. The smallest absolute Gasteiger partial charge is 0.235 e. The number of allylic oxidation sites excluding steroid dienone is 1. The van der Waals surface area contributed by atoms with Crippen LogP contribution >= 0.6 is 11.8 Å². The number of benzene rings is 1. The van der Waals surface area contributed by atoms with E-state index < -0.39 is 0 Å². The van der Waals surface area contributed by atoms with Crippen molar-refractivity contribution >= 4 is 22.6 Å². The summed E-state index contributed by atoms with van der Waals surface area (Å²) in [6, 6.07) is 12.2. The molecule has 1 atom stereocenters. The van der Waals surface area contributed by atoms with Crippen LogP contribution in [0.15, 0.2) is 42.5 Å². The summed E-state index contributed by atoms with van der Waals surface area (Å²) in [4.78, 5) is 14.9. The summed E-state index contributed by atoms with van der Waals surface area (Å²) in [5, 5.41) is 4.58. The predicted octanol–water partition coefficient (Wildman–Crippen LogP) is 3.02. The van der Waals surface area contributed by atoms with Gasteiger partial charge in [0, 0.05) is 31.6 Å². The van der Waals surface area contributed by atoms with Gasteiger partial charge >= 0.3 is 0 Å². The van der Waals surface area contributed by atoms with Gasteiger partial charge in [-0.15, -0.1) is 11.8 Å². The van der Waals surface area contributed by atoms with Crippen LogP contribution < -0.4 is 0 Å². The van der Waals surface area contributed by atoms with E-state index in [1.165, 1.54) is 0 Å². The number of rotatable bonds is 3. The Kier molecular flexibility index (Phi) is 4.07. The molecular formula is C17H19N3OS. The number of carbonyl (C=O) groups is 1. The van der Waals surface area contributed by atoms with Crippen LogP contribution in [0, 0.1) is 0 Å². The lowest BCUT2D eigenvalue weighted by Gasteiger charge is -2.15. The second kappa shape index (κ2) is 6.01. The zero-order chi connectivity index (χ0) is 15.7. The molecule has 1 aliphatic heterocycles. The Morgan fingerprint density at radius 2 is 2.05 bits per heavy atom. The third-order valence-electron chi connectivity index (χ3n) is 3.70. The first-order chi connectivity index (χ1) is 10.6. The third-order valence-corrected chi connectivity index (χ3v) is 5.01. The van der Waals surface area contributed by atoms with E-state index in [0.717, 1.165) is 28.3 Å². The lowest BCUT2D eigenvalue weighted by molar-refractivity contribution is -0.128. The normalized spacial score (nSPS) is 17.4. The maximum absolute atomic E-state index is 12.1. The van der Waals surface area contributed by atoms with E-state index in [1.54, 1.807) is 30.8 Å². The second-order valence-electron chi connectivity index (χ2n) is 5.55. The SMILES string of the molecule is CN(C)C(=O)C1CC=C(c2cc(-c3ccccc3)nn2C)S1. The Bertz CT molecular complexity index is 719. The molecule has 0 spiro atoms. The summed E-state index contributed by atoms with van der Waals surface area (Å²) in [5.74, 6) is 0.168. The molecule has 0 saturated carbocycles. The minimum Gasteiger partial charge on any atom is -0.348 e. The van der Waals surface area contributed by atoms with Crippen molar-refractivity contribution in [2.24, 2.45) is 7.05 Å². The highest BCUT2D eigenvalue weighted by molar-refractivity contribution is 8.09. The minimum absolute atomic E-state index is 0.0138. The van der Waals surface area contributed by atoms with Crippen LogP contribution in [0.2, 0.25) is 0 Å². The van der Waals surface area contributed by atoms with Crippen molar-refractivity contribution in [2.75, 3.05) is 14.1 Å². The van der Waals surface area contributed by atoms with Crippen molar-refractivity contribution in [3.05, 3.63) is 48.2 Å². The van der Waals surface area contributed by atoms with Crippen LogP contribution in [0.4, 0.5) is 0 Å². The van der Waals surface area contributed by atoms with Crippen LogP contribution in [0.1, 0.15) is 12.1 Å². The highest BCUT2D eigenvalue weighted by Gasteiger charge is 2.28. The van der Waals surface area contributed by atoms with E-state index in [2.05, 4.69) is 29.4 Å². The monoisotopic (exact) mass is 313 g/mol. The molecule has 4 nitrogen and oxygen atoms in total. The Balaban J connectivity index is 1.82. The fourth-order valence-electron chi connectivity index (χ4n) is 2.52. The third kappa shape index (κ3) is 2.81. The van der Waals surface area contributed by atoms with Crippen molar-refractivity contribution < 1.29 is 4.79 Å². The Hall–Kier alpha value is -2.01. The van der Waals surface area contributed by atoms with Gasteiger partial charge in [-0.3, -0.25) is 9.48 Å². The molecule has 0 fully saturated rings. The molecule has 0 saturated heterocycles. The van der Waals surface area contributed by atoms with Gasteiger partial charge in [-0.1, -0.05) is 36.4 Å². The van der Waals surface area contributed by atoms with Crippen LogP contribution in [0.3, 0.4) is 0 Å². The molecule has 3 rings (SSSR count). The number of amides is 1. The Morgan fingerprint density at radius 3 is 2.73 bits per heavy atom. The first-order valence-electron chi connectivity index (χ1n) is 7.24. The first-order valence-corrected chi connectivity index (χ1v) is 8.12. The zero-order valence-corrected chi connectivity index (χ0v) is 13.8. The van der Waals surface area contributed by atoms with Gasteiger partial charge in [-0.2, -0.15) is 5.10 Å². The van der Waals surface area contributed by atoms with Gasteiger partial charge in [0.05, 0.1) is 16.6 Å². The number of hydrogen-bond acceptors (Lipinski definition) is 3. The Labute approximate surface area is 134 Å². The molecular weight excluding hydrogens is 294 g/mol. The number of nitrogens with zero attached hydrogens (tertiary/aromatic N) is 3. The summed E-state index contributed by atoms with van der Waals surface area (Å²) in [6.45, 7) is 0. The number of hydrogen-bond donors (Lipinski definition) is 0. The van der Waals surface area contributed by atoms with Crippen molar-refractivity contribution in [3.8, 4) is 11.3 Å². The number of aryl methyl sites for hydroxylation is 1. The van der Waals surface area contributed by atoms with Gasteiger partial charge in [-0.25, -0.2) is 0 Å². The molecule has 0 N–H and O–H groups in total. The molecule has 0 radical (unpaired) electrons. The molecule has 5 heteroatoms. The summed E-state index contributed by atoms with van der Waals surface area (Å²) in [5.41, 5.74) is 3.13. The molecule has 0 bridgehead atoms. The minimum atomic E-state index is -0.0138. The fraction of sp³-hybridized carbons (Fsp3) is 0.294. The van der Waals surface area contributed by atoms with Gasteiger partial charge in [0.25, 0.3) is 0 Å². The van der Waals surface area contributed by atoms with Gasteiger partial charge in [0.1, 0.15) is 0 Å². The van der Waals surface area contributed by atoms with Crippen LogP contribution in [0.5, 0.6) is 0 Å². The molecule has 0 aliphatic carbocycles. The van der Waals surface area contributed by atoms with E-state index in [4.69, 9.17) is 0 Å². The Morgan fingerprint density at radius 1 is 1.32 bits per heavy atom. The van der Waals surface area contributed by atoms with Gasteiger partial charge < -0.3 is 4.90 Å². The maximum atomic E-state index is 12.1. The molecule has 114 valence electrons. The van der Waals surface area contributed by atoms with Gasteiger partial charge in [0.15, 0.2) is 0 Å². The summed E-state index contributed by atoms with van der Waals surface area (Å²) in [6.07, 6.45) is 2.92. The molecule has 1 aromatic carbocycles. The quantitative estimate of drug-likeness (QED) is 0.874. The molecule has 1 aliphatic rings. The molecule has 1 unspecified atom stereocenters. The summed E-state index contributed by atoms with van der Waals surface area (Å²) >= 11 is 1.63. The fourth-order valence-corrected chi connectivity index (χ4v) is 3.83. The molecule has 1 aromatic heterocycles. The first kappa shape index (κ1) is 14.9. The largest absolute Gasteiger partial charge is 0.348 e. The van der Waals surface area contributed by atoms with Gasteiger partial charge in [0.2, 0.25) is 5.91 Å². The van der Waals surface area contributed by atoms with E-state index in [1.807, 2.05) is 29.9 Å². The molecule has 1 amide bonds. The van der Waals surface area contributed by atoms with E-state index in [-0.39, 0.29) is 11.2 Å². The van der Waals surface area contributed by atoms with Crippen molar-refractivity contribution in [1.29, 1.82) is 0 Å². The number of thioether (sulfide) groups is 1. The lowest BCUT2D eigenvalue weighted by Crippen LogP contribution is -2.30. The average molecular weight is 313 g/mol. The van der Waals surface area contributed by atoms with Crippen LogP contribution in [-0.4, -0.2) is 39.9 Å². The van der Waals surface area contributed by atoms with E-state index in [9.17, 15) is 4.79 Å². The van der Waals surface area contributed by atoms with Gasteiger partial charge in [-0.05, 0) is 12.5 Å². The zero-order valence-electron chi connectivity index (χ0n) is 13.0. The molecule has 22 heavy (non-hydrogen) atoms. The van der Waals surface area contributed by atoms with E-state index >= 15 is 0 Å². The highest BCUT2D eigenvalue weighted by atomic mass is 32.2. The predicted molar refractivity (Wildman–Crippen MR) is 91.3 cm³/mol. The standard InChI is InChI=1S/C17H19N3OS/c1-19(2)17(21)16-10-9-15(22-16)14-11-13(18-20(14)3)12-7-5-4-6-8-12/h4-9,11,16H,10H2,1-3H3. The maximum Gasteiger partial charge on any atom is 0.235 e. The topological polar surface area (TPSA) is 38.1 Å². The second-order valence-corrected chi connectivity index (χ2v) is 6.79. The summed E-state index contributed by atoms with van der Waals surface area (Å²) < 4.78 is 1.89. The van der Waals surface area contributed by atoms with Crippen LogP contribution in [-0.2, 0) is 11.8 Å². The van der Waals surface area contributed by atoms with E-state index in [0.29, 0.717) is 0 Å².